The summed E-state index contributed by atoms with van der Waals surface area (Å²) in [4.78, 5) is 13.5. The molecule has 0 spiro atoms. The molecule has 1 heterocycles. The molecule has 1 aromatic rings. The van der Waals surface area contributed by atoms with Crippen molar-refractivity contribution >= 4 is 22.0 Å². The Kier molecular flexibility index (Phi) is 4.97. The van der Waals surface area contributed by atoms with E-state index in [0.717, 1.165) is 4.47 Å². The smallest absolute Gasteiger partial charge is 0.410 e. The van der Waals surface area contributed by atoms with E-state index in [0.29, 0.717) is 31.0 Å². The van der Waals surface area contributed by atoms with Gasteiger partial charge in [-0.1, -0.05) is 15.9 Å². The molecule has 1 aliphatic heterocycles. The second kappa shape index (κ2) is 6.57. The van der Waals surface area contributed by atoms with Crippen molar-refractivity contribution in [3.63, 3.8) is 0 Å². The van der Waals surface area contributed by atoms with Crippen LogP contribution in [0.3, 0.4) is 0 Å². The van der Waals surface area contributed by atoms with E-state index >= 15 is 0 Å². The third-order valence-electron chi connectivity index (χ3n) is 3.15. The van der Waals surface area contributed by atoms with E-state index in [1.54, 1.807) is 23.1 Å². The highest BCUT2D eigenvalue weighted by Crippen LogP contribution is 2.25. The lowest BCUT2D eigenvalue weighted by molar-refractivity contribution is -0.00783. The van der Waals surface area contributed by atoms with Crippen LogP contribution < -0.4 is 4.74 Å². The molecule has 6 heteroatoms. The first kappa shape index (κ1) is 16.6. The van der Waals surface area contributed by atoms with Gasteiger partial charge >= 0.3 is 6.09 Å². The van der Waals surface area contributed by atoms with Crippen LogP contribution in [-0.4, -0.2) is 36.3 Å². The number of nitrogens with zero attached hydrogens (tertiary/aromatic N) is 2. The summed E-state index contributed by atoms with van der Waals surface area (Å²) in [5.74, 6) is 0.825. The highest BCUT2D eigenvalue weighted by molar-refractivity contribution is 9.10. The summed E-state index contributed by atoms with van der Waals surface area (Å²) in [6.45, 7) is 7.26. The summed E-state index contributed by atoms with van der Waals surface area (Å²) >= 11 is 3.36. The predicted octanol–water partition coefficient (Wildman–Crippen LogP) is 3.57. The Hall–Kier alpha value is -1.74. The van der Waals surface area contributed by atoms with Crippen LogP contribution in [0.4, 0.5) is 4.79 Å². The van der Waals surface area contributed by atoms with Crippen molar-refractivity contribution in [3.8, 4) is 11.8 Å². The molecule has 1 aliphatic rings. The minimum absolute atomic E-state index is 0.262. The molecule has 1 fully saturated rings. The van der Waals surface area contributed by atoms with Crippen molar-refractivity contribution in [1.29, 1.82) is 5.26 Å². The fraction of sp³-hybridized carbons (Fsp3) is 0.500. The average molecular weight is 367 g/mol. The molecule has 5 nitrogen and oxygen atoms in total. The van der Waals surface area contributed by atoms with E-state index < -0.39 is 5.60 Å². The first-order valence-electron chi connectivity index (χ1n) is 7.09. The molecule has 0 aromatic heterocycles. The van der Waals surface area contributed by atoms with Gasteiger partial charge in [0.15, 0.2) is 0 Å². The number of ether oxygens (including phenoxy) is 2. The summed E-state index contributed by atoms with van der Waals surface area (Å²) in [6.07, 6.45) is -0.288. The van der Waals surface area contributed by atoms with Crippen LogP contribution in [0.5, 0.6) is 5.75 Å². The van der Waals surface area contributed by atoms with E-state index in [9.17, 15) is 4.79 Å². The van der Waals surface area contributed by atoms with Crippen molar-refractivity contribution in [3.05, 3.63) is 28.2 Å². The number of benzene rings is 1. The van der Waals surface area contributed by atoms with Crippen molar-refractivity contribution in [2.24, 2.45) is 5.92 Å². The zero-order valence-corrected chi connectivity index (χ0v) is 14.5. The highest BCUT2D eigenvalue weighted by Gasteiger charge is 2.34. The van der Waals surface area contributed by atoms with Gasteiger partial charge in [0, 0.05) is 23.5 Å². The Bertz CT molecular complexity index is 598. The van der Waals surface area contributed by atoms with Crippen molar-refractivity contribution in [2.75, 3.05) is 19.7 Å². The first-order chi connectivity index (χ1) is 10.3. The van der Waals surface area contributed by atoms with Crippen LogP contribution in [0, 0.1) is 17.2 Å². The standard InChI is InChI=1S/C16H19BrN2O3/c1-16(2,3)22-15(20)19-8-11(9-19)10-21-14-6-13(17)5-4-12(14)7-18/h4-6,11H,8-10H2,1-3H3. The maximum Gasteiger partial charge on any atom is 0.410 e. The molecular formula is C16H19BrN2O3. The summed E-state index contributed by atoms with van der Waals surface area (Å²) in [5.41, 5.74) is 0.0305. The summed E-state index contributed by atoms with van der Waals surface area (Å²) in [7, 11) is 0. The van der Waals surface area contributed by atoms with Gasteiger partial charge in [-0.2, -0.15) is 5.26 Å². The molecular weight excluding hydrogens is 348 g/mol. The van der Waals surface area contributed by atoms with Gasteiger partial charge in [-0.05, 0) is 39.0 Å². The second-order valence-electron chi connectivity index (χ2n) is 6.31. The first-order valence-corrected chi connectivity index (χ1v) is 7.88. The molecule has 0 unspecified atom stereocenters. The molecule has 0 aliphatic carbocycles. The minimum Gasteiger partial charge on any atom is -0.492 e. The predicted molar refractivity (Wildman–Crippen MR) is 85.6 cm³/mol. The van der Waals surface area contributed by atoms with Crippen LogP contribution in [-0.2, 0) is 4.74 Å². The number of hydrogen-bond donors (Lipinski definition) is 0. The highest BCUT2D eigenvalue weighted by atomic mass is 79.9. The molecule has 0 N–H and O–H groups in total. The molecule has 1 aromatic carbocycles. The van der Waals surface area contributed by atoms with Gasteiger partial charge in [0.05, 0.1) is 12.2 Å². The maximum absolute atomic E-state index is 11.8. The lowest BCUT2D eigenvalue weighted by atomic mass is 10.0. The normalized spacial score (nSPS) is 15.0. The van der Waals surface area contributed by atoms with Crippen molar-refractivity contribution in [2.45, 2.75) is 26.4 Å². The lowest BCUT2D eigenvalue weighted by Crippen LogP contribution is -2.53. The Balaban J connectivity index is 1.81. The summed E-state index contributed by atoms with van der Waals surface area (Å²) in [5, 5.41) is 9.05. The molecule has 0 saturated carbocycles. The van der Waals surface area contributed by atoms with Gasteiger partial charge in [-0.15, -0.1) is 0 Å². The molecule has 1 amide bonds. The summed E-state index contributed by atoms with van der Waals surface area (Å²) in [6, 6.07) is 7.41. The molecule has 1 saturated heterocycles. The Morgan fingerprint density at radius 2 is 2.14 bits per heavy atom. The average Bonchev–Trinajstić information content (AvgIpc) is 2.34. The number of nitriles is 1. The maximum atomic E-state index is 11.8. The molecule has 0 bridgehead atoms. The molecule has 22 heavy (non-hydrogen) atoms. The van der Waals surface area contributed by atoms with E-state index in [1.807, 2.05) is 20.8 Å². The van der Waals surface area contributed by atoms with E-state index in [2.05, 4.69) is 22.0 Å². The summed E-state index contributed by atoms with van der Waals surface area (Å²) < 4.78 is 11.9. The quantitative estimate of drug-likeness (QED) is 0.820. The zero-order chi connectivity index (χ0) is 16.3. The van der Waals surface area contributed by atoms with Crippen LogP contribution in [0.15, 0.2) is 22.7 Å². The van der Waals surface area contributed by atoms with Crippen LogP contribution in [0.25, 0.3) is 0 Å². The Morgan fingerprint density at radius 3 is 2.73 bits per heavy atom. The number of rotatable bonds is 3. The van der Waals surface area contributed by atoms with E-state index in [4.69, 9.17) is 14.7 Å². The number of carbonyl (C=O) groups excluding carboxylic acids is 1. The Labute approximate surface area is 138 Å². The zero-order valence-electron chi connectivity index (χ0n) is 12.9. The van der Waals surface area contributed by atoms with Crippen molar-refractivity contribution < 1.29 is 14.3 Å². The number of amides is 1. The van der Waals surface area contributed by atoms with Gasteiger partial charge in [0.1, 0.15) is 17.4 Å². The molecule has 118 valence electrons. The van der Waals surface area contributed by atoms with Gasteiger partial charge in [0.25, 0.3) is 0 Å². The van der Waals surface area contributed by atoms with Gasteiger partial charge in [-0.3, -0.25) is 0 Å². The number of carbonyl (C=O) groups is 1. The topological polar surface area (TPSA) is 62.6 Å². The van der Waals surface area contributed by atoms with Crippen LogP contribution in [0.1, 0.15) is 26.3 Å². The number of hydrogen-bond acceptors (Lipinski definition) is 4. The third kappa shape index (κ3) is 4.38. The molecule has 2 rings (SSSR count). The lowest BCUT2D eigenvalue weighted by Gasteiger charge is -2.39. The van der Waals surface area contributed by atoms with E-state index in [1.165, 1.54) is 0 Å². The van der Waals surface area contributed by atoms with E-state index in [-0.39, 0.29) is 12.0 Å². The van der Waals surface area contributed by atoms with Gasteiger partial charge in [0.2, 0.25) is 0 Å². The second-order valence-corrected chi connectivity index (χ2v) is 7.23. The Morgan fingerprint density at radius 1 is 1.45 bits per heavy atom. The fourth-order valence-corrected chi connectivity index (χ4v) is 2.41. The number of halogens is 1. The van der Waals surface area contributed by atoms with Gasteiger partial charge < -0.3 is 14.4 Å². The largest absolute Gasteiger partial charge is 0.492 e. The van der Waals surface area contributed by atoms with Gasteiger partial charge in [-0.25, -0.2) is 4.79 Å². The molecule has 0 radical (unpaired) electrons. The van der Waals surface area contributed by atoms with Crippen LogP contribution in [0.2, 0.25) is 0 Å². The fourth-order valence-electron chi connectivity index (χ4n) is 2.07. The minimum atomic E-state index is -0.476. The monoisotopic (exact) mass is 366 g/mol. The van der Waals surface area contributed by atoms with Crippen molar-refractivity contribution in [1.82, 2.24) is 4.90 Å². The molecule has 0 atom stereocenters. The SMILES string of the molecule is CC(C)(C)OC(=O)N1CC(COc2cc(Br)ccc2C#N)C1. The third-order valence-corrected chi connectivity index (χ3v) is 3.64. The number of likely N-dealkylation sites (tertiary alicyclic amines) is 1. The van der Waals surface area contributed by atoms with Crippen LogP contribution >= 0.6 is 15.9 Å².